The highest BCUT2D eigenvalue weighted by molar-refractivity contribution is 5.65. The van der Waals surface area contributed by atoms with Crippen LogP contribution < -0.4 is 0 Å². The van der Waals surface area contributed by atoms with Gasteiger partial charge in [-0.25, -0.2) is 0 Å². The second-order valence-corrected chi connectivity index (χ2v) is 4.70. The van der Waals surface area contributed by atoms with E-state index in [0.29, 0.717) is 18.4 Å². The molecule has 0 heterocycles. The third kappa shape index (κ3) is 9.51. The quantitative estimate of drug-likeness (QED) is 0.497. The van der Waals surface area contributed by atoms with Crippen molar-refractivity contribution < 1.29 is 9.53 Å². The molecule has 0 amide bonds. The van der Waals surface area contributed by atoms with Gasteiger partial charge < -0.3 is 4.74 Å². The third-order valence-corrected chi connectivity index (χ3v) is 2.20. The predicted octanol–water partition coefficient (Wildman–Crippen LogP) is 3.57. The molecule has 0 fully saturated rings. The molecular formula is C13H24O2. The van der Waals surface area contributed by atoms with E-state index in [-0.39, 0.29) is 5.97 Å². The second kappa shape index (κ2) is 7.49. The van der Waals surface area contributed by atoms with Gasteiger partial charge in [0, 0.05) is 6.92 Å². The van der Waals surface area contributed by atoms with E-state index in [0.717, 1.165) is 12.8 Å². The maximum atomic E-state index is 10.6. The molecular weight excluding hydrogens is 188 g/mol. The van der Waals surface area contributed by atoms with E-state index in [1.807, 2.05) is 0 Å². The first-order valence-corrected chi connectivity index (χ1v) is 5.72. The number of hydrogen-bond acceptors (Lipinski definition) is 2. The zero-order chi connectivity index (χ0) is 11.8. The summed E-state index contributed by atoms with van der Waals surface area (Å²) in [4.78, 5) is 10.6. The van der Waals surface area contributed by atoms with Gasteiger partial charge in [-0.05, 0) is 31.6 Å². The zero-order valence-corrected chi connectivity index (χ0v) is 10.7. The van der Waals surface area contributed by atoms with Crippen LogP contribution in [-0.4, -0.2) is 12.6 Å². The first-order valence-electron chi connectivity index (χ1n) is 5.72. The summed E-state index contributed by atoms with van der Waals surface area (Å²) >= 11 is 0. The van der Waals surface area contributed by atoms with E-state index in [9.17, 15) is 4.79 Å². The Morgan fingerprint density at radius 1 is 1.27 bits per heavy atom. The summed E-state index contributed by atoms with van der Waals surface area (Å²) in [7, 11) is 0. The van der Waals surface area contributed by atoms with E-state index in [4.69, 9.17) is 4.74 Å². The van der Waals surface area contributed by atoms with Crippen LogP contribution in [0.2, 0.25) is 0 Å². The number of rotatable bonds is 6. The van der Waals surface area contributed by atoms with Crippen molar-refractivity contribution in [2.45, 2.75) is 47.5 Å². The topological polar surface area (TPSA) is 26.3 Å². The van der Waals surface area contributed by atoms with Gasteiger partial charge in [-0.15, -0.1) is 0 Å². The van der Waals surface area contributed by atoms with Gasteiger partial charge in [0.2, 0.25) is 0 Å². The molecule has 0 saturated heterocycles. The summed E-state index contributed by atoms with van der Waals surface area (Å²) in [5.74, 6) is 1.02. The van der Waals surface area contributed by atoms with Gasteiger partial charge in [-0.2, -0.15) is 0 Å². The highest BCUT2D eigenvalue weighted by Gasteiger charge is 2.04. The van der Waals surface area contributed by atoms with Crippen molar-refractivity contribution in [1.82, 2.24) is 0 Å². The SMILES string of the molecule is CC(=O)OCCC(C)CC(C)=CC(C)C. The van der Waals surface area contributed by atoms with Crippen LogP contribution in [0.5, 0.6) is 0 Å². The maximum absolute atomic E-state index is 10.6. The van der Waals surface area contributed by atoms with Crippen LogP contribution in [-0.2, 0) is 9.53 Å². The van der Waals surface area contributed by atoms with Crippen molar-refractivity contribution in [3.8, 4) is 0 Å². The molecule has 0 aliphatic heterocycles. The monoisotopic (exact) mass is 212 g/mol. The zero-order valence-electron chi connectivity index (χ0n) is 10.7. The Kier molecular flexibility index (Phi) is 7.10. The number of allylic oxidation sites excluding steroid dienone is 2. The van der Waals surface area contributed by atoms with Crippen LogP contribution in [0, 0.1) is 11.8 Å². The first-order chi connectivity index (χ1) is 6.91. The normalized spacial score (nSPS) is 14.1. The van der Waals surface area contributed by atoms with Crippen molar-refractivity contribution in [2.75, 3.05) is 6.61 Å². The molecule has 0 saturated carbocycles. The van der Waals surface area contributed by atoms with E-state index in [1.165, 1.54) is 12.5 Å². The first kappa shape index (κ1) is 14.2. The average molecular weight is 212 g/mol. The molecule has 0 aliphatic carbocycles. The highest BCUT2D eigenvalue weighted by atomic mass is 16.5. The molecule has 0 N–H and O–H groups in total. The molecule has 0 aromatic heterocycles. The largest absolute Gasteiger partial charge is 0.466 e. The molecule has 0 aromatic rings. The van der Waals surface area contributed by atoms with Gasteiger partial charge >= 0.3 is 5.97 Å². The van der Waals surface area contributed by atoms with E-state index >= 15 is 0 Å². The Hall–Kier alpha value is -0.790. The number of ether oxygens (including phenoxy) is 1. The molecule has 2 heteroatoms. The van der Waals surface area contributed by atoms with Crippen molar-refractivity contribution in [2.24, 2.45) is 11.8 Å². The number of hydrogen-bond donors (Lipinski definition) is 0. The second-order valence-electron chi connectivity index (χ2n) is 4.70. The van der Waals surface area contributed by atoms with Gasteiger partial charge in [-0.1, -0.05) is 32.4 Å². The van der Waals surface area contributed by atoms with Crippen molar-refractivity contribution in [3.63, 3.8) is 0 Å². The lowest BCUT2D eigenvalue weighted by molar-refractivity contribution is -0.141. The molecule has 0 aliphatic rings. The highest BCUT2D eigenvalue weighted by Crippen LogP contribution is 2.16. The Morgan fingerprint density at radius 2 is 1.87 bits per heavy atom. The van der Waals surface area contributed by atoms with Gasteiger partial charge in [0.15, 0.2) is 0 Å². The summed E-state index contributed by atoms with van der Waals surface area (Å²) in [6.07, 6.45) is 4.34. The minimum Gasteiger partial charge on any atom is -0.466 e. The predicted molar refractivity (Wildman–Crippen MR) is 63.6 cm³/mol. The fourth-order valence-electron chi connectivity index (χ4n) is 1.69. The molecule has 88 valence electrons. The van der Waals surface area contributed by atoms with Crippen LogP contribution in [0.4, 0.5) is 0 Å². The lowest BCUT2D eigenvalue weighted by atomic mass is 9.97. The Morgan fingerprint density at radius 3 is 2.33 bits per heavy atom. The number of esters is 1. The molecule has 2 nitrogen and oxygen atoms in total. The molecule has 1 unspecified atom stereocenters. The van der Waals surface area contributed by atoms with E-state index in [2.05, 4.69) is 33.8 Å². The average Bonchev–Trinajstić information content (AvgIpc) is 2.00. The fraction of sp³-hybridized carbons (Fsp3) is 0.769. The van der Waals surface area contributed by atoms with Crippen LogP contribution in [0.1, 0.15) is 47.5 Å². The van der Waals surface area contributed by atoms with Crippen molar-refractivity contribution >= 4 is 5.97 Å². The summed E-state index contributed by atoms with van der Waals surface area (Å²) in [6, 6.07) is 0. The van der Waals surface area contributed by atoms with Gasteiger partial charge in [0.1, 0.15) is 0 Å². The van der Waals surface area contributed by atoms with E-state index < -0.39 is 0 Å². The van der Waals surface area contributed by atoms with Gasteiger partial charge in [-0.3, -0.25) is 4.79 Å². The standard InChI is InChI=1S/C13H24O2/c1-10(2)8-12(4)9-11(3)6-7-15-13(5)14/h8,10-11H,6-7,9H2,1-5H3. The van der Waals surface area contributed by atoms with Gasteiger partial charge in [0.05, 0.1) is 6.61 Å². The summed E-state index contributed by atoms with van der Waals surface area (Å²) in [5, 5.41) is 0. The van der Waals surface area contributed by atoms with Crippen LogP contribution in [0.15, 0.2) is 11.6 Å². The van der Waals surface area contributed by atoms with Crippen LogP contribution in [0.3, 0.4) is 0 Å². The molecule has 0 bridgehead atoms. The van der Waals surface area contributed by atoms with Crippen molar-refractivity contribution in [1.29, 1.82) is 0 Å². The Bertz CT molecular complexity index is 217. The number of carbonyl (C=O) groups is 1. The Balaban J connectivity index is 3.73. The lowest BCUT2D eigenvalue weighted by Crippen LogP contribution is -2.05. The Labute approximate surface area is 93.7 Å². The molecule has 0 radical (unpaired) electrons. The molecule has 0 aromatic carbocycles. The maximum Gasteiger partial charge on any atom is 0.302 e. The van der Waals surface area contributed by atoms with Crippen LogP contribution >= 0.6 is 0 Å². The van der Waals surface area contributed by atoms with Crippen LogP contribution in [0.25, 0.3) is 0 Å². The van der Waals surface area contributed by atoms with Crippen molar-refractivity contribution in [3.05, 3.63) is 11.6 Å². The lowest BCUT2D eigenvalue weighted by Gasteiger charge is -2.12. The summed E-state index contributed by atoms with van der Waals surface area (Å²) in [6.45, 7) is 10.7. The third-order valence-electron chi connectivity index (χ3n) is 2.20. The summed E-state index contributed by atoms with van der Waals surface area (Å²) in [5.41, 5.74) is 1.43. The molecule has 0 spiro atoms. The summed E-state index contributed by atoms with van der Waals surface area (Å²) < 4.78 is 4.92. The van der Waals surface area contributed by atoms with Gasteiger partial charge in [0.25, 0.3) is 0 Å². The smallest absolute Gasteiger partial charge is 0.302 e. The molecule has 15 heavy (non-hydrogen) atoms. The molecule has 0 rings (SSSR count). The number of carbonyl (C=O) groups excluding carboxylic acids is 1. The van der Waals surface area contributed by atoms with E-state index in [1.54, 1.807) is 0 Å². The minimum absolute atomic E-state index is 0.184. The minimum atomic E-state index is -0.184. The molecule has 1 atom stereocenters. The fourth-order valence-corrected chi connectivity index (χ4v) is 1.69.